The number of hydrogen-bond donors (Lipinski definition) is 1. The molecular weight excluding hydrogens is 769 g/mol. The maximum atomic E-state index is 13.1. The topological polar surface area (TPSA) is 118 Å². The SMILES string of the molecule is CC[C@H]1O[C@H](O[C@@](C)(CCCC[C@H](Cc2ccc(O)cc2)C(=O)OC)C2CC[C@]3(C)[C@@H]2C(C)CC2[C@@]4(C)CC[C@H](C)C(C)(C)C4CC[C@]23C)[C@H](OC(C)=O)[C@@H](C)[C@@H]1OC(C)=O. The molecule has 61 heavy (non-hydrogen) atoms. The first-order valence-electron chi connectivity index (χ1n) is 24.1. The molecular formula is C52H82O9. The fourth-order valence-electron chi connectivity index (χ4n) is 15.2. The van der Waals surface area contributed by atoms with Gasteiger partial charge in [-0.3, -0.25) is 14.4 Å². The molecule has 1 saturated heterocycles. The number of fused-ring (bicyclic) bond motifs is 5. The lowest BCUT2D eigenvalue weighted by atomic mass is 9.34. The van der Waals surface area contributed by atoms with Gasteiger partial charge in [-0.1, -0.05) is 87.3 Å². The predicted octanol–water partition coefficient (Wildman–Crippen LogP) is 11.3. The van der Waals surface area contributed by atoms with Gasteiger partial charge < -0.3 is 28.8 Å². The van der Waals surface area contributed by atoms with E-state index in [4.69, 9.17) is 23.7 Å². The summed E-state index contributed by atoms with van der Waals surface area (Å²) in [5, 5.41) is 9.86. The summed E-state index contributed by atoms with van der Waals surface area (Å²) in [7, 11) is 1.45. The van der Waals surface area contributed by atoms with Crippen LogP contribution < -0.4 is 0 Å². The van der Waals surface area contributed by atoms with Gasteiger partial charge in [0.25, 0.3) is 0 Å². The fraction of sp³-hybridized carbons (Fsp3) is 0.827. The number of unbranched alkanes of at least 4 members (excludes halogenated alkanes) is 1. The number of benzene rings is 1. The van der Waals surface area contributed by atoms with Gasteiger partial charge in [0.1, 0.15) is 11.9 Å². The minimum absolute atomic E-state index is 0.119. The number of esters is 3. The smallest absolute Gasteiger partial charge is 0.308 e. The van der Waals surface area contributed by atoms with E-state index < -0.39 is 42.1 Å². The number of hydrogen-bond acceptors (Lipinski definition) is 9. The maximum Gasteiger partial charge on any atom is 0.308 e. The second-order valence-electron chi connectivity index (χ2n) is 22.4. The third-order valence-corrected chi connectivity index (χ3v) is 18.9. The summed E-state index contributed by atoms with van der Waals surface area (Å²) in [4.78, 5) is 38.2. The molecule has 1 heterocycles. The Morgan fingerprint density at radius 2 is 1.51 bits per heavy atom. The van der Waals surface area contributed by atoms with E-state index >= 15 is 0 Å². The summed E-state index contributed by atoms with van der Waals surface area (Å²) in [5.74, 6) is 1.79. The summed E-state index contributed by atoms with van der Waals surface area (Å²) in [6.07, 6.45) is 10.2. The Morgan fingerprint density at radius 3 is 2.13 bits per heavy atom. The van der Waals surface area contributed by atoms with Gasteiger partial charge in [0.15, 0.2) is 12.4 Å². The highest BCUT2D eigenvalue weighted by atomic mass is 16.7. The molecule has 6 rings (SSSR count). The third kappa shape index (κ3) is 8.79. The molecule has 1 aromatic carbocycles. The van der Waals surface area contributed by atoms with Crippen molar-refractivity contribution in [2.24, 2.45) is 69.0 Å². The summed E-state index contributed by atoms with van der Waals surface area (Å²) in [6, 6.07) is 7.06. The number of ether oxygens (including phenoxy) is 5. The van der Waals surface area contributed by atoms with E-state index in [2.05, 4.69) is 55.4 Å². The second-order valence-corrected chi connectivity index (χ2v) is 22.4. The van der Waals surface area contributed by atoms with Crippen LogP contribution in [0.2, 0.25) is 0 Å². The Balaban J connectivity index is 1.32. The molecule has 1 aromatic rings. The number of phenols is 1. The molecule has 4 aliphatic carbocycles. The van der Waals surface area contributed by atoms with Gasteiger partial charge in [-0.05, 0) is 152 Å². The van der Waals surface area contributed by atoms with E-state index in [9.17, 15) is 19.5 Å². The van der Waals surface area contributed by atoms with E-state index in [1.807, 2.05) is 26.0 Å². The van der Waals surface area contributed by atoms with Crippen molar-refractivity contribution in [3.05, 3.63) is 29.8 Å². The number of phenolic OH excluding ortho intramolecular Hbond substituents is 1. The molecule has 0 bridgehead atoms. The van der Waals surface area contributed by atoms with Crippen LogP contribution in [0.5, 0.6) is 5.75 Å². The van der Waals surface area contributed by atoms with Crippen LogP contribution in [0.25, 0.3) is 0 Å². The van der Waals surface area contributed by atoms with Crippen molar-refractivity contribution in [1.29, 1.82) is 0 Å². The summed E-state index contributed by atoms with van der Waals surface area (Å²) < 4.78 is 31.5. The number of carbonyl (C=O) groups excluding carboxylic acids is 3. The Hall–Kier alpha value is -2.65. The molecule has 9 heteroatoms. The monoisotopic (exact) mass is 851 g/mol. The number of carbonyl (C=O) groups is 3. The minimum Gasteiger partial charge on any atom is -0.508 e. The third-order valence-electron chi connectivity index (χ3n) is 18.9. The molecule has 9 nitrogen and oxygen atoms in total. The molecule has 344 valence electrons. The maximum absolute atomic E-state index is 13.1. The highest BCUT2D eigenvalue weighted by molar-refractivity contribution is 5.72. The van der Waals surface area contributed by atoms with Gasteiger partial charge in [0, 0.05) is 19.8 Å². The molecule has 0 radical (unpaired) electrons. The van der Waals surface area contributed by atoms with Crippen LogP contribution in [0.15, 0.2) is 24.3 Å². The number of methoxy groups -OCH3 is 1. The Kier molecular flexibility index (Phi) is 14.2. The van der Waals surface area contributed by atoms with Crippen LogP contribution in [0.1, 0.15) is 166 Å². The highest BCUT2D eigenvalue weighted by Crippen LogP contribution is 2.77. The molecule has 4 unspecified atom stereocenters. The zero-order chi connectivity index (χ0) is 44.9. The Bertz CT molecular complexity index is 1710. The molecule has 0 spiro atoms. The average molecular weight is 851 g/mol. The van der Waals surface area contributed by atoms with Crippen molar-refractivity contribution >= 4 is 17.9 Å². The van der Waals surface area contributed by atoms with Crippen LogP contribution in [0, 0.1) is 69.0 Å². The van der Waals surface area contributed by atoms with Crippen molar-refractivity contribution in [2.75, 3.05) is 7.11 Å². The van der Waals surface area contributed by atoms with E-state index in [-0.39, 0.29) is 40.3 Å². The first-order chi connectivity index (χ1) is 28.6. The van der Waals surface area contributed by atoms with Gasteiger partial charge in [-0.2, -0.15) is 0 Å². The summed E-state index contributed by atoms with van der Waals surface area (Å²) in [5.41, 5.74) is 1.31. The van der Waals surface area contributed by atoms with Gasteiger partial charge in [0.2, 0.25) is 0 Å². The van der Waals surface area contributed by atoms with Crippen LogP contribution in [0.3, 0.4) is 0 Å². The fourth-order valence-corrected chi connectivity index (χ4v) is 15.2. The van der Waals surface area contributed by atoms with Crippen LogP contribution in [0.4, 0.5) is 0 Å². The molecule has 5 aliphatic rings. The van der Waals surface area contributed by atoms with Gasteiger partial charge in [-0.25, -0.2) is 0 Å². The van der Waals surface area contributed by atoms with Crippen molar-refractivity contribution in [3.63, 3.8) is 0 Å². The van der Waals surface area contributed by atoms with Gasteiger partial charge >= 0.3 is 17.9 Å². The van der Waals surface area contributed by atoms with Crippen molar-refractivity contribution < 1.29 is 43.2 Å². The van der Waals surface area contributed by atoms with E-state index in [0.29, 0.717) is 47.8 Å². The molecule has 0 aromatic heterocycles. The Morgan fingerprint density at radius 1 is 0.869 bits per heavy atom. The summed E-state index contributed by atoms with van der Waals surface area (Å²) >= 11 is 0. The van der Waals surface area contributed by atoms with Crippen LogP contribution in [-0.4, -0.2) is 60.3 Å². The van der Waals surface area contributed by atoms with Crippen LogP contribution in [-0.2, 0) is 44.5 Å². The second kappa shape index (κ2) is 18.1. The summed E-state index contributed by atoms with van der Waals surface area (Å²) in [6.45, 7) is 27.3. The lowest BCUT2D eigenvalue weighted by Gasteiger charge is -2.71. The van der Waals surface area contributed by atoms with Crippen molar-refractivity contribution in [1.82, 2.24) is 0 Å². The van der Waals surface area contributed by atoms with E-state index in [0.717, 1.165) is 49.5 Å². The molecule has 1 aliphatic heterocycles. The van der Waals surface area contributed by atoms with Gasteiger partial charge in [-0.15, -0.1) is 0 Å². The van der Waals surface area contributed by atoms with Crippen LogP contribution >= 0.6 is 0 Å². The quantitative estimate of drug-likeness (QED) is 0.111. The normalized spacial score (nSPS) is 40.6. The Labute approximate surface area is 368 Å². The van der Waals surface area contributed by atoms with Crippen molar-refractivity contribution in [3.8, 4) is 5.75 Å². The lowest BCUT2D eigenvalue weighted by molar-refractivity contribution is -0.326. The van der Waals surface area contributed by atoms with Crippen molar-refractivity contribution in [2.45, 2.75) is 197 Å². The lowest BCUT2D eigenvalue weighted by Crippen LogP contribution is -2.65. The minimum atomic E-state index is -0.840. The molecule has 0 amide bonds. The number of rotatable bonds is 14. The van der Waals surface area contributed by atoms with E-state index in [1.54, 1.807) is 12.1 Å². The van der Waals surface area contributed by atoms with E-state index in [1.165, 1.54) is 53.1 Å². The zero-order valence-electron chi connectivity index (χ0n) is 40.1. The molecule has 1 N–H and O–H groups in total. The highest BCUT2D eigenvalue weighted by Gasteiger charge is 2.71. The number of aromatic hydroxyl groups is 1. The first-order valence-corrected chi connectivity index (χ1v) is 24.1. The standard InChI is InChI=1S/C52H82O9/c1-14-40-44(58-34(5)53)33(4)45(59-35(6)54)47(60-40)61-52(12,25-16-15-17-37(46(56)57-13)30-36-18-20-38(55)21-19-36)39-23-27-51(11)43(39)31(2)29-42-49(9)26-22-32(3)48(7,8)41(49)24-28-50(42,51)10/h18-21,31-33,37,39-45,47,55H,14-17,22-30H2,1-13H3/t31?,32-,33-,37+,39?,40+,41?,42?,43+,44-,45+,47+,49-,50+,51+,52-/m0/s1. The molecule has 16 atom stereocenters. The largest absolute Gasteiger partial charge is 0.508 e. The molecule has 4 saturated carbocycles. The van der Waals surface area contributed by atoms with Gasteiger partial charge in [0.05, 0.1) is 24.7 Å². The average Bonchev–Trinajstić information content (AvgIpc) is 3.58. The predicted molar refractivity (Wildman–Crippen MR) is 237 cm³/mol. The molecule has 5 fully saturated rings. The zero-order valence-corrected chi connectivity index (χ0v) is 40.1. The first kappa shape index (κ1) is 47.8.